The largest absolute Gasteiger partial charge is 0.481 e. The van der Waals surface area contributed by atoms with Gasteiger partial charge in [0, 0.05) is 18.9 Å². The van der Waals surface area contributed by atoms with Crippen LogP contribution in [0.4, 0.5) is 0 Å². The van der Waals surface area contributed by atoms with Crippen LogP contribution in [0.1, 0.15) is 108 Å². The fourth-order valence-corrected chi connectivity index (χ4v) is 3.45. The summed E-state index contributed by atoms with van der Waals surface area (Å²) in [5.74, 6) is -0.901. The summed E-state index contributed by atoms with van der Waals surface area (Å²) in [6.45, 7) is 3.35. The Morgan fingerprint density at radius 3 is 2.00 bits per heavy atom. The molecular weight excluding hydrogens is 364 g/mol. The van der Waals surface area contributed by atoms with Gasteiger partial charge in [-0.2, -0.15) is 0 Å². The molecule has 0 aromatic heterocycles. The van der Waals surface area contributed by atoms with Crippen molar-refractivity contribution in [2.24, 2.45) is 0 Å². The number of hydrogen-bond acceptors (Lipinski definition) is 3. The minimum Gasteiger partial charge on any atom is -0.481 e. The highest BCUT2D eigenvalue weighted by molar-refractivity contribution is 5.71. The molecule has 1 aliphatic rings. The highest BCUT2D eigenvalue weighted by Gasteiger charge is 2.20. The van der Waals surface area contributed by atoms with Gasteiger partial charge in [0.25, 0.3) is 5.97 Å². The van der Waals surface area contributed by atoms with Crippen LogP contribution in [0.5, 0.6) is 0 Å². The standard InChI is InChI=1S/C23H34O2.C2H4O2/c1-2-3-4-5-6-7-8-9-10-11-12-17-23(24)25-22-19-18-20-15-13-14-16-21(20)22;1-2(3)4/h13-16,18-19,22H,2-12,17H2,1H3;1H3,(H,3,4). The number of carboxylic acids is 1. The molecule has 0 spiro atoms. The summed E-state index contributed by atoms with van der Waals surface area (Å²) >= 11 is 0. The van der Waals surface area contributed by atoms with Gasteiger partial charge in [-0.25, -0.2) is 0 Å². The molecule has 0 amide bonds. The van der Waals surface area contributed by atoms with Crippen LogP contribution in [0.2, 0.25) is 0 Å². The van der Waals surface area contributed by atoms with Crippen molar-refractivity contribution < 1.29 is 19.4 Å². The van der Waals surface area contributed by atoms with Crippen LogP contribution in [-0.2, 0) is 14.3 Å². The lowest BCUT2D eigenvalue weighted by Crippen LogP contribution is -2.08. The Balaban J connectivity index is 0.000000960. The number of benzene rings is 1. The summed E-state index contributed by atoms with van der Waals surface area (Å²) < 4.78 is 5.60. The number of aliphatic carboxylic acids is 1. The predicted molar refractivity (Wildman–Crippen MR) is 119 cm³/mol. The Kier molecular flexibility index (Phi) is 13.6. The van der Waals surface area contributed by atoms with Crippen LogP contribution >= 0.6 is 0 Å². The Bertz CT molecular complexity index is 617. The van der Waals surface area contributed by atoms with E-state index in [1.165, 1.54) is 57.8 Å². The van der Waals surface area contributed by atoms with Gasteiger partial charge < -0.3 is 9.84 Å². The van der Waals surface area contributed by atoms with Gasteiger partial charge in [-0.1, -0.05) is 101 Å². The number of esters is 1. The second-order valence-electron chi connectivity index (χ2n) is 7.70. The topological polar surface area (TPSA) is 63.6 Å². The van der Waals surface area contributed by atoms with E-state index in [-0.39, 0.29) is 12.1 Å². The van der Waals surface area contributed by atoms with E-state index in [1.54, 1.807) is 0 Å². The monoisotopic (exact) mass is 402 g/mol. The molecule has 29 heavy (non-hydrogen) atoms. The number of carbonyl (C=O) groups is 2. The Labute approximate surface area is 176 Å². The van der Waals surface area contributed by atoms with Gasteiger partial charge in [0.1, 0.15) is 6.10 Å². The molecule has 0 aliphatic heterocycles. The van der Waals surface area contributed by atoms with E-state index in [9.17, 15) is 4.79 Å². The number of hydrogen-bond donors (Lipinski definition) is 1. The molecule has 0 radical (unpaired) electrons. The quantitative estimate of drug-likeness (QED) is 0.282. The average Bonchev–Trinajstić information content (AvgIpc) is 3.08. The van der Waals surface area contributed by atoms with Gasteiger partial charge in [0.15, 0.2) is 0 Å². The lowest BCUT2D eigenvalue weighted by atomic mass is 10.1. The molecule has 1 unspecified atom stereocenters. The average molecular weight is 403 g/mol. The molecule has 4 heteroatoms. The minimum absolute atomic E-state index is 0.0673. The molecule has 162 valence electrons. The zero-order valence-corrected chi connectivity index (χ0v) is 18.2. The van der Waals surface area contributed by atoms with E-state index in [4.69, 9.17) is 14.6 Å². The van der Waals surface area contributed by atoms with Crippen LogP contribution in [0.25, 0.3) is 6.08 Å². The second-order valence-corrected chi connectivity index (χ2v) is 7.70. The van der Waals surface area contributed by atoms with E-state index < -0.39 is 5.97 Å². The maximum atomic E-state index is 12.0. The summed E-state index contributed by atoms with van der Waals surface area (Å²) in [6, 6.07) is 8.11. The third-order valence-electron chi connectivity index (χ3n) is 5.00. The van der Waals surface area contributed by atoms with Crippen molar-refractivity contribution in [2.75, 3.05) is 0 Å². The van der Waals surface area contributed by atoms with Crippen molar-refractivity contribution in [2.45, 2.75) is 97.0 Å². The summed E-state index contributed by atoms with van der Waals surface area (Å²) in [7, 11) is 0. The number of unbranched alkanes of at least 4 members (excludes halogenated alkanes) is 10. The molecule has 1 aromatic carbocycles. The van der Waals surface area contributed by atoms with Crippen LogP contribution in [0, 0.1) is 0 Å². The van der Waals surface area contributed by atoms with Gasteiger partial charge >= 0.3 is 5.97 Å². The van der Waals surface area contributed by atoms with Gasteiger partial charge in [0.2, 0.25) is 0 Å². The van der Waals surface area contributed by atoms with E-state index in [0.717, 1.165) is 30.9 Å². The van der Waals surface area contributed by atoms with Gasteiger partial charge in [-0.05, 0) is 18.1 Å². The molecule has 1 atom stereocenters. The molecule has 1 aliphatic carbocycles. The Morgan fingerprint density at radius 1 is 0.897 bits per heavy atom. The normalized spacial score (nSPS) is 14.1. The lowest BCUT2D eigenvalue weighted by Gasteiger charge is -2.12. The van der Waals surface area contributed by atoms with Crippen molar-refractivity contribution in [3.63, 3.8) is 0 Å². The van der Waals surface area contributed by atoms with Crippen molar-refractivity contribution in [3.8, 4) is 0 Å². The highest BCUT2D eigenvalue weighted by atomic mass is 16.5. The maximum absolute atomic E-state index is 12.0. The Hall–Kier alpha value is -2.10. The SMILES string of the molecule is CC(=O)O.CCCCCCCCCCCCCC(=O)OC1C=Cc2ccccc21. The molecular formula is C25H38O4. The van der Waals surface area contributed by atoms with E-state index in [1.807, 2.05) is 30.4 Å². The number of ether oxygens (including phenoxy) is 1. The molecule has 0 saturated heterocycles. The summed E-state index contributed by atoms with van der Waals surface area (Å²) in [5, 5.41) is 7.42. The summed E-state index contributed by atoms with van der Waals surface area (Å²) in [4.78, 5) is 21.0. The third-order valence-corrected chi connectivity index (χ3v) is 5.00. The van der Waals surface area contributed by atoms with Gasteiger partial charge in [0.05, 0.1) is 0 Å². The van der Waals surface area contributed by atoms with Crippen molar-refractivity contribution >= 4 is 18.0 Å². The van der Waals surface area contributed by atoms with E-state index in [0.29, 0.717) is 6.42 Å². The van der Waals surface area contributed by atoms with Crippen LogP contribution in [0.3, 0.4) is 0 Å². The number of carboxylic acid groups (broad SMARTS) is 1. The first-order valence-corrected chi connectivity index (χ1v) is 11.2. The maximum Gasteiger partial charge on any atom is 0.306 e. The van der Waals surface area contributed by atoms with Crippen molar-refractivity contribution in [1.82, 2.24) is 0 Å². The predicted octanol–water partition coefficient (Wildman–Crippen LogP) is 7.09. The van der Waals surface area contributed by atoms with E-state index in [2.05, 4.69) is 13.0 Å². The first-order valence-electron chi connectivity index (χ1n) is 11.2. The van der Waals surface area contributed by atoms with Gasteiger partial charge in [-0.15, -0.1) is 0 Å². The molecule has 0 saturated carbocycles. The zero-order valence-electron chi connectivity index (χ0n) is 18.2. The Morgan fingerprint density at radius 2 is 1.41 bits per heavy atom. The fraction of sp³-hybridized carbons (Fsp3) is 0.600. The van der Waals surface area contributed by atoms with Crippen LogP contribution < -0.4 is 0 Å². The second kappa shape index (κ2) is 15.8. The van der Waals surface area contributed by atoms with Gasteiger partial charge in [-0.3, -0.25) is 9.59 Å². The smallest absolute Gasteiger partial charge is 0.306 e. The third kappa shape index (κ3) is 12.1. The summed E-state index contributed by atoms with van der Waals surface area (Å²) in [6.07, 6.45) is 18.6. The molecule has 1 N–H and O–H groups in total. The fourth-order valence-electron chi connectivity index (χ4n) is 3.45. The van der Waals surface area contributed by atoms with Crippen molar-refractivity contribution in [1.29, 1.82) is 0 Å². The minimum atomic E-state index is -0.833. The molecule has 4 nitrogen and oxygen atoms in total. The molecule has 1 aromatic rings. The number of rotatable bonds is 13. The summed E-state index contributed by atoms with van der Waals surface area (Å²) in [5.41, 5.74) is 2.27. The lowest BCUT2D eigenvalue weighted by molar-refractivity contribution is -0.147. The van der Waals surface area contributed by atoms with E-state index >= 15 is 0 Å². The highest BCUT2D eigenvalue weighted by Crippen LogP contribution is 2.31. The van der Waals surface area contributed by atoms with Crippen molar-refractivity contribution in [3.05, 3.63) is 41.5 Å². The first-order chi connectivity index (χ1) is 14.0. The zero-order chi connectivity index (χ0) is 21.3. The van der Waals surface area contributed by atoms with Crippen LogP contribution in [-0.4, -0.2) is 17.0 Å². The molecule has 2 rings (SSSR count). The molecule has 0 fully saturated rings. The number of carbonyl (C=O) groups excluding carboxylic acids is 1. The van der Waals surface area contributed by atoms with Crippen LogP contribution in [0.15, 0.2) is 30.3 Å². The molecule has 0 bridgehead atoms. The number of fused-ring (bicyclic) bond motifs is 1. The first kappa shape index (κ1) is 24.9. The molecule has 0 heterocycles.